The molecule has 0 aromatic carbocycles. The molecule has 110 valence electrons. The van der Waals surface area contributed by atoms with Gasteiger partial charge >= 0.3 is 0 Å². The van der Waals surface area contributed by atoms with Crippen LogP contribution in [0, 0.1) is 5.92 Å². The Bertz CT molecular complexity index is 283. The quantitative estimate of drug-likeness (QED) is 0.600. The lowest BCUT2D eigenvalue weighted by Gasteiger charge is -2.14. The van der Waals surface area contributed by atoms with E-state index < -0.39 is 10.1 Å². The van der Waals surface area contributed by atoms with Gasteiger partial charge < -0.3 is 4.90 Å². The highest BCUT2D eigenvalue weighted by Crippen LogP contribution is 2.19. The summed E-state index contributed by atoms with van der Waals surface area (Å²) < 4.78 is 25.9. The molecule has 0 aliphatic carbocycles. The molecule has 1 aliphatic rings. The minimum Gasteiger partial charge on any atom is -0.303 e. The van der Waals surface area contributed by atoms with Crippen molar-refractivity contribution < 1.29 is 13.0 Å². The maximum absolute atomic E-state index is 9.19. The molecule has 1 aliphatic heterocycles. The maximum Gasteiger partial charge on any atom is 0.261 e. The molecule has 0 radical (unpaired) electrons. The van der Waals surface area contributed by atoms with Gasteiger partial charge in [0, 0.05) is 6.54 Å². The average Bonchev–Trinajstić information content (AvgIpc) is 2.70. The zero-order valence-corrected chi connectivity index (χ0v) is 12.9. The molecule has 1 atom stereocenters. The summed E-state index contributed by atoms with van der Waals surface area (Å²) in [5.41, 5.74) is 0. The van der Waals surface area contributed by atoms with E-state index in [0.717, 1.165) is 5.92 Å². The molecule has 1 unspecified atom stereocenters. The van der Waals surface area contributed by atoms with Gasteiger partial charge in [-0.1, -0.05) is 39.5 Å². The van der Waals surface area contributed by atoms with E-state index in [1.54, 1.807) is 0 Å². The SMILES string of the molecule is CCCCCCN1CCC(CC)C1.CS(=O)(=O)O. The van der Waals surface area contributed by atoms with Crippen LogP contribution in [-0.4, -0.2) is 43.8 Å². The Morgan fingerprint density at radius 1 is 1.22 bits per heavy atom. The van der Waals surface area contributed by atoms with E-state index in [1.807, 2.05) is 0 Å². The molecule has 1 heterocycles. The Balaban J connectivity index is 0.000000494. The maximum atomic E-state index is 9.19. The smallest absolute Gasteiger partial charge is 0.261 e. The summed E-state index contributed by atoms with van der Waals surface area (Å²) in [5.74, 6) is 1.01. The molecule has 0 spiro atoms. The Morgan fingerprint density at radius 2 is 1.83 bits per heavy atom. The molecule has 18 heavy (non-hydrogen) atoms. The summed E-state index contributed by atoms with van der Waals surface area (Å²) in [4.78, 5) is 2.66. The van der Waals surface area contributed by atoms with Crippen molar-refractivity contribution in [1.29, 1.82) is 0 Å². The lowest BCUT2D eigenvalue weighted by atomic mass is 10.1. The average molecular weight is 279 g/mol. The van der Waals surface area contributed by atoms with Crippen LogP contribution in [0.5, 0.6) is 0 Å². The molecule has 0 saturated carbocycles. The van der Waals surface area contributed by atoms with Crippen molar-refractivity contribution in [3.05, 3.63) is 0 Å². The normalized spacial score (nSPS) is 20.6. The highest BCUT2D eigenvalue weighted by Gasteiger charge is 2.19. The first kappa shape index (κ1) is 17.9. The molecule has 1 N–H and O–H groups in total. The van der Waals surface area contributed by atoms with Gasteiger partial charge in [-0.15, -0.1) is 0 Å². The molecular weight excluding hydrogens is 250 g/mol. The second-order valence-electron chi connectivity index (χ2n) is 5.16. The second kappa shape index (κ2) is 9.75. The van der Waals surface area contributed by atoms with Crippen LogP contribution >= 0.6 is 0 Å². The Kier molecular flexibility index (Phi) is 9.68. The molecule has 1 saturated heterocycles. The van der Waals surface area contributed by atoms with Crippen LogP contribution in [0.25, 0.3) is 0 Å². The van der Waals surface area contributed by atoms with E-state index in [1.165, 1.54) is 58.2 Å². The Hall–Kier alpha value is -0.130. The first-order valence-corrected chi connectivity index (χ1v) is 8.86. The van der Waals surface area contributed by atoms with Crippen molar-refractivity contribution in [2.45, 2.75) is 52.4 Å². The number of hydrogen-bond donors (Lipinski definition) is 1. The monoisotopic (exact) mass is 279 g/mol. The molecule has 1 rings (SSSR count). The highest BCUT2D eigenvalue weighted by molar-refractivity contribution is 7.85. The summed E-state index contributed by atoms with van der Waals surface area (Å²) in [6.07, 6.45) is 9.18. The third-order valence-electron chi connectivity index (χ3n) is 3.28. The zero-order chi connectivity index (χ0) is 14.0. The van der Waals surface area contributed by atoms with Gasteiger partial charge in [0.05, 0.1) is 6.26 Å². The minimum absolute atomic E-state index is 0.715. The number of nitrogens with zero attached hydrogens (tertiary/aromatic N) is 1. The second-order valence-corrected chi connectivity index (χ2v) is 6.62. The van der Waals surface area contributed by atoms with E-state index in [2.05, 4.69) is 18.7 Å². The van der Waals surface area contributed by atoms with Crippen LogP contribution in [0.4, 0.5) is 0 Å². The van der Waals surface area contributed by atoms with E-state index in [-0.39, 0.29) is 0 Å². The third kappa shape index (κ3) is 12.3. The number of hydrogen-bond acceptors (Lipinski definition) is 3. The fraction of sp³-hybridized carbons (Fsp3) is 1.00. The van der Waals surface area contributed by atoms with Gasteiger partial charge in [0.25, 0.3) is 10.1 Å². The van der Waals surface area contributed by atoms with Crippen LogP contribution in [0.3, 0.4) is 0 Å². The van der Waals surface area contributed by atoms with Gasteiger partial charge in [0.15, 0.2) is 0 Å². The highest BCUT2D eigenvalue weighted by atomic mass is 32.2. The van der Waals surface area contributed by atoms with Gasteiger partial charge in [-0.3, -0.25) is 4.55 Å². The largest absolute Gasteiger partial charge is 0.303 e. The standard InChI is InChI=1S/C12H25N.CH4O3S/c1-3-5-6-7-9-13-10-8-12(4-2)11-13;1-5(2,3)4/h12H,3-11H2,1-2H3;1H3,(H,2,3,4). The molecule has 1 fully saturated rings. The fourth-order valence-corrected chi connectivity index (χ4v) is 2.21. The Morgan fingerprint density at radius 3 is 2.28 bits per heavy atom. The Labute approximate surface area is 113 Å². The molecule has 4 nitrogen and oxygen atoms in total. The van der Waals surface area contributed by atoms with Gasteiger partial charge in [-0.05, 0) is 31.8 Å². The predicted octanol–water partition coefficient (Wildman–Crippen LogP) is 2.80. The van der Waals surface area contributed by atoms with Crippen molar-refractivity contribution >= 4 is 10.1 Å². The fourth-order valence-electron chi connectivity index (χ4n) is 2.21. The van der Waals surface area contributed by atoms with Gasteiger partial charge in [0.2, 0.25) is 0 Å². The molecule has 0 aromatic heterocycles. The summed E-state index contributed by atoms with van der Waals surface area (Å²) in [6, 6.07) is 0. The summed E-state index contributed by atoms with van der Waals surface area (Å²) >= 11 is 0. The predicted molar refractivity (Wildman–Crippen MR) is 76.5 cm³/mol. The molecule has 0 aromatic rings. The number of unbranched alkanes of at least 4 members (excludes halogenated alkanes) is 3. The van der Waals surface area contributed by atoms with E-state index in [4.69, 9.17) is 4.55 Å². The first-order chi connectivity index (χ1) is 8.36. The zero-order valence-electron chi connectivity index (χ0n) is 12.1. The van der Waals surface area contributed by atoms with Crippen molar-refractivity contribution in [1.82, 2.24) is 4.90 Å². The van der Waals surface area contributed by atoms with Crippen molar-refractivity contribution in [3.63, 3.8) is 0 Å². The molecular formula is C13H29NO3S. The van der Waals surface area contributed by atoms with Crippen molar-refractivity contribution in [2.75, 3.05) is 25.9 Å². The van der Waals surface area contributed by atoms with Crippen molar-refractivity contribution in [3.8, 4) is 0 Å². The topological polar surface area (TPSA) is 57.6 Å². The van der Waals surface area contributed by atoms with Crippen LogP contribution < -0.4 is 0 Å². The molecule has 0 bridgehead atoms. The van der Waals surface area contributed by atoms with E-state index in [0.29, 0.717) is 6.26 Å². The van der Waals surface area contributed by atoms with E-state index in [9.17, 15) is 8.42 Å². The van der Waals surface area contributed by atoms with Gasteiger partial charge in [-0.25, -0.2) is 0 Å². The van der Waals surface area contributed by atoms with E-state index >= 15 is 0 Å². The van der Waals surface area contributed by atoms with Crippen LogP contribution in [-0.2, 0) is 10.1 Å². The molecule has 5 heteroatoms. The van der Waals surface area contributed by atoms with Crippen LogP contribution in [0.15, 0.2) is 0 Å². The first-order valence-electron chi connectivity index (χ1n) is 7.01. The summed E-state index contributed by atoms with van der Waals surface area (Å²) in [5, 5.41) is 0. The van der Waals surface area contributed by atoms with Crippen LogP contribution in [0.2, 0.25) is 0 Å². The third-order valence-corrected chi connectivity index (χ3v) is 3.28. The summed E-state index contributed by atoms with van der Waals surface area (Å²) in [7, 11) is -3.67. The minimum atomic E-state index is -3.67. The molecule has 0 amide bonds. The number of rotatable bonds is 6. The van der Waals surface area contributed by atoms with Gasteiger partial charge in [0.1, 0.15) is 0 Å². The van der Waals surface area contributed by atoms with Crippen molar-refractivity contribution in [2.24, 2.45) is 5.92 Å². The van der Waals surface area contributed by atoms with Crippen LogP contribution in [0.1, 0.15) is 52.4 Å². The lowest BCUT2D eigenvalue weighted by Crippen LogP contribution is -2.21. The summed E-state index contributed by atoms with van der Waals surface area (Å²) in [6.45, 7) is 8.71. The lowest BCUT2D eigenvalue weighted by molar-refractivity contribution is 0.313. The number of likely N-dealkylation sites (tertiary alicyclic amines) is 1. The van der Waals surface area contributed by atoms with Gasteiger partial charge in [-0.2, -0.15) is 8.42 Å².